The minimum Gasteiger partial charge on any atom is -0.480 e. The third-order valence-corrected chi connectivity index (χ3v) is 5.57. The lowest BCUT2D eigenvalue weighted by molar-refractivity contribution is 0.0622. The van der Waals surface area contributed by atoms with Crippen molar-refractivity contribution in [2.24, 2.45) is 0 Å². The molecule has 3 aromatic rings. The van der Waals surface area contributed by atoms with Gasteiger partial charge in [0.25, 0.3) is 5.91 Å². The summed E-state index contributed by atoms with van der Waals surface area (Å²) in [6.07, 6.45) is 5.26. The molecule has 0 aliphatic carbocycles. The van der Waals surface area contributed by atoms with Crippen LogP contribution in [0.3, 0.4) is 0 Å². The molecule has 1 fully saturated rings. The summed E-state index contributed by atoms with van der Waals surface area (Å²) < 4.78 is 25.2. The molecule has 0 radical (unpaired) electrons. The molecule has 0 bridgehead atoms. The van der Waals surface area contributed by atoms with Gasteiger partial charge in [-0.05, 0) is 43.5 Å². The zero-order chi connectivity index (χ0) is 21.1. The molecule has 1 atom stereocenters. The molecular formula is C23H24FN3O3. The average molecular weight is 409 g/mol. The van der Waals surface area contributed by atoms with E-state index in [1.165, 1.54) is 13.2 Å². The molecule has 0 N–H and O–H groups in total. The van der Waals surface area contributed by atoms with Crippen LogP contribution in [0.5, 0.6) is 5.88 Å². The highest BCUT2D eigenvalue weighted by atomic mass is 19.1. The number of halogens is 1. The van der Waals surface area contributed by atoms with Gasteiger partial charge in [-0.25, -0.2) is 14.4 Å². The van der Waals surface area contributed by atoms with Crippen LogP contribution in [0.15, 0.2) is 53.2 Å². The van der Waals surface area contributed by atoms with E-state index in [1.807, 2.05) is 6.92 Å². The molecule has 0 saturated carbocycles. The molecule has 0 unspecified atom stereocenters. The zero-order valence-electron chi connectivity index (χ0n) is 17.1. The molecule has 30 heavy (non-hydrogen) atoms. The van der Waals surface area contributed by atoms with E-state index in [2.05, 4.69) is 9.97 Å². The predicted molar refractivity (Wildman–Crippen MR) is 109 cm³/mol. The third kappa shape index (κ3) is 3.92. The lowest BCUT2D eigenvalue weighted by Gasteiger charge is -2.38. The number of carbonyl (C=O) groups excluding carboxylic acids is 1. The molecule has 0 spiro atoms. The molecule has 1 aliphatic heterocycles. The van der Waals surface area contributed by atoms with E-state index >= 15 is 0 Å². The van der Waals surface area contributed by atoms with E-state index in [4.69, 9.17) is 9.15 Å². The Labute approximate surface area is 174 Å². The number of rotatable bonds is 5. The summed E-state index contributed by atoms with van der Waals surface area (Å²) in [5.74, 6) is 1.11. The van der Waals surface area contributed by atoms with E-state index in [1.54, 1.807) is 47.6 Å². The van der Waals surface area contributed by atoms with Gasteiger partial charge in [-0.2, -0.15) is 0 Å². The Balaban J connectivity index is 1.53. The fraction of sp³-hybridized carbons (Fsp3) is 0.348. The number of benzene rings is 1. The summed E-state index contributed by atoms with van der Waals surface area (Å²) in [6.45, 7) is 3.17. The Morgan fingerprint density at radius 3 is 2.90 bits per heavy atom. The second-order valence-corrected chi connectivity index (χ2v) is 7.85. The Kier molecular flexibility index (Phi) is 5.53. The second kappa shape index (κ2) is 8.26. The summed E-state index contributed by atoms with van der Waals surface area (Å²) >= 11 is 0. The van der Waals surface area contributed by atoms with Crippen LogP contribution in [0.4, 0.5) is 4.39 Å². The zero-order valence-corrected chi connectivity index (χ0v) is 17.1. The first-order valence-corrected chi connectivity index (χ1v) is 9.97. The fourth-order valence-electron chi connectivity index (χ4n) is 3.97. The Hall–Kier alpha value is -3.22. The highest BCUT2D eigenvalue weighted by Crippen LogP contribution is 2.34. The highest BCUT2D eigenvalue weighted by molar-refractivity contribution is 5.96. The number of likely N-dealkylation sites (tertiary alicyclic amines) is 1. The van der Waals surface area contributed by atoms with Crippen LogP contribution >= 0.6 is 0 Å². The Morgan fingerprint density at radius 1 is 1.27 bits per heavy atom. The first kappa shape index (κ1) is 20.1. The van der Waals surface area contributed by atoms with Gasteiger partial charge in [0.15, 0.2) is 0 Å². The van der Waals surface area contributed by atoms with Crippen molar-refractivity contribution in [1.82, 2.24) is 14.9 Å². The van der Waals surface area contributed by atoms with Crippen molar-refractivity contribution in [3.05, 3.63) is 77.4 Å². The van der Waals surface area contributed by atoms with Crippen molar-refractivity contribution in [2.45, 2.75) is 31.6 Å². The molecule has 1 amide bonds. The minimum absolute atomic E-state index is 0.121. The molecule has 1 saturated heterocycles. The number of pyridine rings is 1. The van der Waals surface area contributed by atoms with Crippen LogP contribution in [-0.4, -0.2) is 41.0 Å². The average Bonchev–Trinajstić information content (AvgIpc) is 3.24. The van der Waals surface area contributed by atoms with Crippen molar-refractivity contribution in [2.75, 3.05) is 20.2 Å². The number of aromatic nitrogens is 2. The van der Waals surface area contributed by atoms with E-state index in [0.29, 0.717) is 48.2 Å². The smallest absolute Gasteiger partial charge is 0.259 e. The van der Waals surface area contributed by atoms with Crippen LogP contribution in [-0.2, 0) is 11.8 Å². The minimum atomic E-state index is -0.420. The summed E-state index contributed by atoms with van der Waals surface area (Å²) in [4.78, 5) is 23.5. The van der Waals surface area contributed by atoms with Crippen LogP contribution in [0.1, 0.15) is 47.3 Å². The third-order valence-electron chi connectivity index (χ3n) is 5.57. The molecule has 3 heterocycles. The van der Waals surface area contributed by atoms with Gasteiger partial charge in [0.05, 0.1) is 18.7 Å². The van der Waals surface area contributed by atoms with Crippen LogP contribution in [0, 0.1) is 5.82 Å². The van der Waals surface area contributed by atoms with E-state index in [0.717, 1.165) is 12.8 Å². The number of oxazole rings is 1. The number of piperidine rings is 1. The topological polar surface area (TPSA) is 68.5 Å². The second-order valence-electron chi connectivity index (χ2n) is 7.85. The van der Waals surface area contributed by atoms with Crippen molar-refractivity contribution < 1.29 is 18.3 Å². The SMILES string of the molecule is COc1ncccc1C(=O)N1CCC[C@@](C)(c2ncc(Cc3ccccc3F)o2)C1. The monoisotopic (exact) mass is 409 g/mol. The van der Waals surface area contributed by atoms with Crippen molar-refractivity contribution >= 4 is 5.91 Å². The van der Waals surface area contributed by atoms with Crippen LogP contribution < -0.4 is 4.74 Å². The standard InChI is InChI=1S/C23H24FN3O3/c1-23(22-26-14-17(30-22)13-16-7-3-4-9-19(16)24)10-6-12-27(15-23)21(28)18-8-5-11-25-20(18)29-2/h3-5,7-9,11,14H,6,10,12-13,15H2,1-2H3/t23-/m1/s1. The number of carbonyl (C=O) groups is 1. The van der Waals surface area contributed by atoms with Gasteiger partial charge in [-0.3, -0.25) is 4.79 Å². The number of ether oxygens (including phenoxy) is 1. The molecule has 7 heteroatoms. The molecule has 6 nitrogen and oxygen atoms in total. The summed E-state index contributed by atoms with van der Waals surface area (Å²) in [5.41, 5.74) is 0.586. The molecule has 2 aromatic heterocycles. The summed E-state index contributed by atoms with van der Waals surface area (Å²) in [5, 5.41) is 0. The van der Waals surface area contributed by atoms with Crippen LogP contribution in [0.2, 0.25) is 0 Å². The number of hydrogen-bond donors (Lipinski definition) is 0. The normalized spacial score (nSPS) is 19.0. The summed E-state index contributed by atoms with van der Waals surface area (Å²) in [7, 11) is 1.50. The fourth-order valence-corrected chi connectivity index (χ4v) is 3.97. The van der Waals surface area contributed by atoms with E-state index in [-0.39, 0.29) is 11.7 Å². The maximum Gasteiger partial charge on any atom is 0.259 e. The molecular weight excluding hydrogens is 385 g/mol. The Morgan fingerprint density at radius 2 is 2.10 bits per heavy atom. The molecule has 4 rings (SSSR count). The van der Waals surface area contributed by atoms with Gasteiger partial charge in [0.1, 0.15) is 17.1 Å². The van der Waals surface area contributed by atoms with Gasteiger partial charge >= 0.3 is 0 Å². The maximum atomic E-state index is 14.0. The van der Waals surface area contributed by atoms with E-state index < -0.39 is 5.41 Å². The van der Waals surface area contributed by atoms with Gasteiger partial charge in [-0.1, -0.05) is 18.2 Å². The van der Waals surface area contributed by atoms with Crippen molar-refractivity contribution in [3.8, 4) is 5.88 Å². The first-order valence-electron chi connectivity index (χ1n) is 9.97. The summed E-state index contributed by atoms with van der Waals surface area (Å²) in [6, 6.07) is 10.1. The number of methoxy groups -OCH3 is 1. The lowest BCUT2D eigenvalue weighted by atomic mass is 9.81. The molecule has 1 aromatic carbocycles. The highest BCUT2D eigenvalue weighted by Gasteiger charge is 2.39. The maximum absolute atomic E-state index is 14.0. The van der Waals surface area contributed by atoms with Gasteiger partial charge in [0.2, 0.25) is 11.8 Å². The van der Waals surface area contributed by atoms with Gasteiger partial charge in [-0.15, -0.1) is 0 Å². The van der Waals surface area contributed by atoms with Crippen molar-refractivity contribution in [3.63, 3.8) is 0 Å². The van der Waals surface area contributed by atoms with Gasteiger partial charge in [0, 0.05) is 25.7 Å². The number of nitrogens with zero attached hydrogens (tertiary/aromatic N) is 3. The van der Waals surface area contributed by atoms with E-state index in [9.17, 15) is 9.18 Å². The first-order chi connectivity index (χ1) is 14.5. The number of amides is 1. The molecule has 1 aliphatic rings. The van der Waals surface area contributed by atoms with Crippen molar-refractivity contribution in [1.29, 1.82) is 0 Å². The quantitative estimate of drug-likeness (QED) is 0.637. The largest absolute Gasteiger partial charge is 0.480 e. The predicted octanol–water partition coefficient (Wildman–Crippen LogP) is 4.00. The Bertz CT molecular complexity index is 1050. The number of hydrogen-bond acceptors (Lipinski definition) is 5. The van der Waals surface area contributed by atoms with Gasteiger partial charge < -0.3 is 14.1 Å². The molecule has 156 valence electrons. The van der Waals surface area contributed by atoms with Crippen LogP contribution in [0.25, 0.3) is 0 Å². The lowest BCUT2D eigenvalue weighted by Crippen LogP contribution is -2.47.